The first-order valence-corrected chi connectivity index (χ1v) is 20.1. The Bertz CT molecular complexity index is 1650. The number of benzene rings is 2. The van der Waals surface area contributed by atoms with Crippen LogP contribution in [0.4, 0.5) is 5.69 Å². The number of allylic oxidation sites excluding steroid dienone is 1. The van der Waals surface area contributed by atoms with Gasteiger partial charge in [-0.3, -0.25) is 9.69 Å². The Kier molecular flexibility index (Phi) is 10.6. The Morgan fingerprint density at radius 1 is 1.10 bits per heavy atom. The highest BCUT2D eigenvalue weighted by Gasteiger charge is 2.44. The number of carbonyl (C=O) groups excluding carboxylic acids is 1. The van der Waals surface area contributed by atoms with E-state index in [1.54, 1.807) is 6.07 Å². The molecule has 0 unspecified atom stereocenters. The summed E-state index contributed by atoms with van der Waals surface area (Å²) in [6.07, 6.45) is 10.9. The third-order valence-electron chi connectivity index (χ3n) is 11.6. The number of ether oxygens (including phenoxy) is 3. The second-order valence-corrected chi connectivity index (χ2v) is 17.0. The lowest BCUT2D eigenvalue weighted by Gasteiger charge is -2.46. The summed E-state index contributed by atoms with van der Waals surface area (Å²) < 4.78 is 48.2. The molecule has 5 aliphatic rings. The number of hydrogen-bond donors (Lipinski definition) is 1. The minimum absolute atomic E-state index is 0.0513. The lowest BCUT2D eigenvalue weighted by atomic mass is 9.68. The number of fused-ring (bicyclic) bond motifs is 4. The van der Waals surface area contributed by atoms with Crippen molar-refractivity contribution in [2.75, 3.05) is 64.1 Å². The fourth-order valence-corrected chi connectivity index (χ4v) is 10.2. The number of halogens is 1. The maximum absolute atomic E-state index is 13.5. The van der Waals surface area contributed by atoms with E-state index in [0.717, 1.165) is 94.5 Å². The summed E-state index contributed by atoms with van der Waals surface area (Å²) in [6.45, 7) is 8.79. The van der Waals surface area contributed by atoms with Gasteiger partial charge in [-0.1, -0.05) is 36.7 Å². The van der Waals surface area contributed by atoms with Crippen molar-refractivity contribution >= 4 is 33.2 Å². The summed E-state index contributed by atoms with van der Waals surface area (Å²) in [7, 11) is -3.88. The number of carbonyl (C=O) groups is 1. The minimum atomic E-state index is -3.88. The molecule has 9 nitrogen and oxygen atoms in total. The lowest BCUT2D eigenvalue weighted by molar-refractivity contribution is -0.0314. The normalized spacial score (nSPS) is 31.0. The average Bonchev–Trinajstić information content (AvgIpc) is 3.23. The van der Waals surface area contributed by atoms with E-state index in [2.05, 4.69) is 38.8 Å². The summed E-state index contributed by atoms with van der Waals surface area (Å²) >= 11 is 6.46. The lowest BCUT2D eigenvalue weighted by Crippen LogP contribution is -2.50. The highest BCUT2D eigenvalue weighted by atomic mass is 35.5. The van der Waals surface area contributed by atoms with Crippen molar-refractivity contribution in [1.29, 1.82) is 0 Å². The van der Waals surface area contributed by atoms with Crippen molar-refractivity contribution in [2.45, 2.75) is 75.1 Å². The molecule has 1 amide bonds. The minimum Gasteiger partial charge on any atom is -0.490 e. The third-order valence-corrected chi connectivity index (χ3v) is 13.7. The van der Waals surface area contributed by atoms with E-state index in [9.17, 15) is 13.2 Å². The average molecular weight is 712 g/mol. The van der Waals surface area contributed by atoms with E-state index < -0.39 is 21.2 Å². The van der Waals surface area contributed by atoms with Crippen LogP contribution >= 0.6 is 11.6 Å². The van der Waals surface area contributed by atoms with Crippen LogP contribution in [0.15, 0.2) is 48.6 Å². The molecule has 2 bridgehead atoms. The molecule has 1 saturated heterocycles. The molecule has 2 fully saturated rings. The van der Waals surface area contributed by atoms with Crippen LogP contribution in [0.3, 0.4) is 0 Å². The molecule has 0 radical (unpaired) electrons. The molecule has 0 aromatic heterocycles. The van der Waals surface area contributed by atoms with Gasteiger partial charge >= 0.3 is 0 Å². The van der Waals surface area contributed by atoms with Crippen molar-refractivity contribution in [3.63, 3.8) is 0 Å². The summed E-state index contributed by atoms with van der Waals surface area (Å²) in [6, 6.07) is 11.6. The number of aryl methyl sites for hydroxylation is 1. The first-order valence-electron chi connectivity index (χ1n) is 18.2. The molecule has 3 aliphatic heterocycles. The molecule has 1 N–H and O–H groups in total. The van der Waals surface area contributed by atoms with Crippen LogP contribution in [0, 0.1) is 11.8 Å². The fourth-order valence-electron chi connectivity index (χ4n) is 8.62. The second kappa shape index (κ2) is 14.9. The van der Waals surface area contributed by atoms with Gasteiger partial charge in [0.15, 0.2) is 0 Å². The van der Waals surface area contributed by atoms with Crippen LogP contribution in [-0.2, 0) is 31.3 Å². The van der Waals surface area contributed by atoms with Gasteiger partial charge in [0.2, 0.25) is 10.0 Å². The number of rotatable bonds is 5. The molecule has 11 heteroatoms. The Labute approximate surface area is 296 Å². The number of nitrogens with one attached hydrogen (secondary N) is 1. The number of morpholine rings is 1. The monoisotopic (exact) mass is 711 g/mol. The zero-order chi connectivity index (χ0) is 34.0. The van der Waals surface area contributed by atoms with Gasteiger partial charge in [-0.15, -0.1) is 0 Å². The largest absolute Gasteiger partial charge is 0.490 e. The van der Waals surface area contributed by atoms with Crippen LogP contribution < -0.4 is 14.4 Å². The molecule has 2 aromatic carbocycles. The molecular formula is C38H50ClN3O6S. The molecule has 49 heavy (non-hydrogen) atoms. The van der Waals surface area contributed by atoms with Gasteiger partial charge in [-0.25, -0.2) is 13.1 Å². The summed E-state index contributed by atoms with van der Waals surface area (Å²) in [5.41, 5.74) is 3.48. The number of nitrogens with zero attached hydrogens (tertiary/aromatic N) is 2. The Morgan fingerprint density at radius 2 is 1.96 bits per heavy atom. The molecule has 2 aromatic rings. The molecule has 266 valence electrons. The van der Waals surface area contributed by atoms with Crippen molar-refractivity contribution in [3.05, 3.63) is 70.3 Å². The maximum atomic E-state index is 13.5. The van der Waals surface area contributed by atoms with Gasteiger partial charge < -0.3 is 19.1 Å². The first kappa shape index (κ1) is 34.8. The fraction of sp³-hybridized carbons (Fsp3) is 0.605. The van der Waals surface area contributed by atoms with E-state index in [1.807, 2.05) is 25.1 Å². The van der Waals surface area contributed by atoms with Gasteiger partial charge in [-0.05, 0) is 105 Å². The van der Waals surface area contributed by atoms with Crippen molar-refractivity contribution in [2.24, 2.45) is 11.8 Å². The smallest absolute Gasteiger partial charge is 0.264 e. The van der Waals surface area contributed by atoms with Crippen molar-refractivity contribution in [3.8, 4) is 5.75 Å². The van der Waals surface area contributed by atoms with E-state index in [-0.39, 0.29) is 11.5 Å². The summed E-state index contributed by atoms with van der Waals surface area (Å²) in [4.78, 5) is 18.3. The molecule has 2 aliphatic carbocycles. The quantitative estimate of drug-likeness (QED) is 0.392. The highest BCUT2D eigenvalue weighted by Crippen LogP contribution is 2.47. The van der Waals surface area contributed by atoms with Crippen LogP contribution in [0.2, 0.25) is 5.02 Å². The summed E-state index contributed by atoms with van der Waals surface area (Å²) in [5.74, 6) is 0.852. The molecular weight excluding hydrogens is 662 g/mol. The van der Waals surface area contributed by atoms with Gasteiger partial charge in [0.1, 0.15) is 5.75 Å². The Hall–Kier alpha value is -2.63. The molecule has 7 rings (SSSR count). The van der Waals surface area contributed by atoms with Crippen LogP contribution in [0.1, 0.15) is 73.4 Å². The van der Waals surface area contributed by atoms with Crippen molar-refractivity contribution in [1.82, 2.24) is 9.62 Å². The number of hydrogen-bond acceptors (Lipinski definition) is 8. The Balaban J connectivity index is 1.23. The number of sulfonamides is 1. The zero-order valence-corrected chi connectivity index (χ0v) is 30.2. The Morgan fingerprint density at radius 3 is 2.76 bits per heavy atom. The third kappa shape index (κ3) is 7.54. The van der Waals surface area contributed by atoms with Crippen LogP contribution in [-0.4, -0.2) is 89.7 Å². The van der Waals surface area contributed by atoms with Gasteiger partial charge in [0, 0.05) is 48.7 Å². The molecule has 5 atom stereocenters. The van der Waals surface area contributed by atoms with Crippen molar-refractivity contribution < 1.29 is 27.4 Å². The van der Waals surface area contributed by atoms with E-state index >= 15 is 0 Å². The SMILES string of the molecule is CC[C@@H]1CC/C=C\[C@H](OCCN2CCOCC2)[C@@H]2CC[C@H]2CN2C[C@@]3(CCCc4cc(Cl)ccc43)COc3ccc(cc32)C(=O)NS1(=O)=O. The van der Waals surface area contributed by atoms with E-state index in [1.165, 1.54) is 11.1 Å². The second-order valence-electron chi connectivity index (χ2n) is 14.6. The highest BCUT2D eigenvalue weighted by molar-refractivity contribution is 7.90. The van der Waals surface area contributed by atoms with E-state index in [0.29, 0.717) is 49.9 Å². The number of anilines is 1. The van der Waals surface area contributed by atoms with Gasteiger partial charge in [0.25, 0.3) is 5.91 Å². The van der Waals surface area contributed by atoms with Gasteiger partial charge in [0.05, 0.1) is 43.5 Å². The standard InChI is InChI=1S/C38H50ClN3O6S/c1-2-31-7-3-4-8-35(47-21-18-41-16-19-46-20-17-41)32-12-9-29(32)24-42-25-38(15-5-6-27-22-30(39)11-13-33(27)38)26-48-36-14-10-28(23-34(36)42)37(43)40-49(31,44)45/h4,8,10-11,13-14,22-23,29,31-32,35H,2-3,5-7,9,12,15-21,24-26H2,1H3,(H,40,43)/b8-4-/t29-,31+,32+,35-,38-/m0/s1. The van der Waals surface area contributed by atoms with E-state index in [4.69, 9.17) is 25.8 Å². The number of amides is 1. The molecule has 3 heterocycles. The molecule has 1 spiro atoms. The summed E-state index contributed by atoms with van der Waals surface area (Å²) in [5, 5.41) is 0.0751. The topological polar surface area (TPSA) is 97.4 Å². The zero-order valence-electron chi connectivity index (χ0n) is 28.6. The molecule has 1 saturated carbocycles. The maximum Gasteiger partial charge on any atom is 0.264 e. The van der Waals surface area contributed by atoms with Crippen LogP contribution in [0.25, 0.3) is 0 Å². The predicted octanol–water partition coefficient (Wildman–Crippen LogP) is 5.74. The van der Waals surface area contributed by atoms with Gasteiger partial charge in [-0.2, -0.15) is 0 Å². The first-order chi connectivity index (χ1) is 23.7. The predicted molar refractivity (Wildman–Crippen MR) is 192 cm³/mol. The van der Waals surface area contributed by atoms with Crippen LogP contribution in [0.5, 0.6) is 5.75 Å².